The summed E-state index contributed by atoms with van der Waals surface area (Å²) in [4.78, 5) is 12.1. The van der Waals surface area contributed by atoms with Crippen LogP contribution in [0.1, 0.15) is 22.5 Å². The summed E-state index contributed by atoms with van der Waals surface area (Å²) in [6.45, 7) is 2.36. The van der Waals surface area contributed by atoms with Gasteiger partial charge in [-0.15, -0.1) is 0 Å². The molecule has 1 aliphatic heterocycles. The van der Waals surface area contributed by atoms with Crippen molar-refractivity contribution in [1.29, 1.82) is 0 Å². The van der Waals surface area contributed by atoms with Gasteiger partial charge in [-0.05, 0) is 49.6 Å². The van der Waals surface area contributed by atoms with Crippen LogP contribution in [0.25, 0.3) is 5.69 Å². The van der Waals surface area contributed by atoms with Crippen molar-refractivity contribution in [3.05, 3.63) is 47.8 Å². The van der Waals surface area contributed by atoms with Crippen LogP contribution in [-0.4, -0.2) is 42.2 Å². The van der Waals surface area contributed by atoms with E-state index in [4.69, 9.17) is 0 Å². The average molecular weight is 333 g/mol. The van der Waals surface area contributed by atoms with Crippen LogP contribution >= 0.6 is 0 Å². The molecule has 1 amide bonds. The van der Waals surface area contributed by atoms with Gasteiger partial charge >= 0.3 is 0 Å². The van der Waals surface area contributed by atoms with Gasteiger partial charge in [0.2, 0.25) is 0 Å². The second-order valence-corrected chi connectivity index (χ2v) is 8.14. The van der Waals surface area contributed by atoms with E-state index in [1.54, 1.807) is 23.0 Å². The molecular formula is C16H19N3O3S. The standard InChI is InChI=1S/C16H19N3O3S/c1-12-6-8-18-19(12)15-4-2-14(3-5-15)16(20)17-10-13-7-9-23(21,22)11-13/h2-6,8,13H,7,9-11H2,1H3,(H,17,20)/t13-/m0/s1. The first-order valence-electron chi connectivity index (χ1n) is 7.54. The summed E-state index contributed by atoms with van der Waals surface area (Å²) >= 11 is 0. The van der Waals surface area contributed by atoms with Gasteiger partial charge in [-0.3, -0.25) is 4.79 Å². The molecule has 0 spiro atoms. The van der Waals surface area contributed by atoms with Crippen LogP contribution < -0.4 is 5.32 Å². The predicted octanol–water partition coefficient (Wildman–Crippen LogP) is 1.35. The SMILES string of the molecule is Cc1ccnn1-c1ccc(C(=O)NC[C@@H]2CCS(=O)(=O)C2)cc1. The summed E-state index contributed by atoms with van der Waals surface area (Å²) in [5.74, 6) is 0.240. The number of carbonyl (C=O) groups is 1. The monoisotopic (exact) mass is 333 g/mol. The molecule has 0 aliphatic carbocycles. The smallest absolute Gasteiger partial charge is 0.251 e. The van der Waals surface area contributed by atoms with Crippen LogP contribution in [0.4, 0.5) is 0 Å². The molecule has 1 saturated heterocycles. The molecule has 0 radical (unpaired) electrons. The Morgan fingerprint density at radius 3 is 2.61 bits per heavy atom. The van der Waals surface area contributed by atoms with Crippen molar-refractivity contribution in [3.8, 4) is 5.69 Å². The van der Waals surface area contributed by atoms with Gasteiger partial charge in [-0.2, -0.15) is 5.10 Å². The Labute approximate surface area is 135 Å². The number of hydrogen-bond donors (Lipinski definition) is 1. The molecule has 122 valence electrons. The van der Waals surface area contributed by atoms with Gasteiger partial charge in [-0.1, -0.05) is 0 Å². The van der Waals surface area contributed by atoms with Gasteiger partial charge in [0.25, 0.3) is 5.91 Å². The number of nitrogens with one attached hydrogen (secondary N) is 1. The number of sulfone groups is 1. The fraction of sp³-hybridized carbons (Fsp3) is 0.375. The lowest BCUT2D eigenvalue weighted by Gasteiger charge is -2.10. The maximum absolute atomic E-state index is 12.1. The van der Waals surface area contributed by atoms with Crippen molar-refractivity contribution in [2.75, 3.05) is 18.1 Å². The van der Waals surface area contributed by atoms with Gasteiger partial charge in [-0.25, -0.2) is 13.1 Å². The molecule has 0 saturated carbocycles. The van der Waals surface area contributed by atoms with Gasteiger partial charge in [0.05, 0.1) is 17.2 Å². The molecule has 2 heterocycles. The molecule has 2 aromatic rings. The highest BCUT2D eigenvalue weighted by Crippen LogP contribution is 2.17. The number of amides is 1. The Kier molecular flexibility index (Phi) is 4.21. The number of hydrogen-bond acceptors (Lipinski definition) is 4. The second-order valence-electron chi connectivity index (χ2n) is 5.91. The fourth-order valence-electron chi connectivity index (χ4n) is 2.77. The number of aryl methyl sites for hydroxylation is 1. The minimum atomic E-state index is -2.90. The van der Waals surface area contributed by atoms with Crippen LogP contribution in [0, 0.1) is 12.8 Å². The topological polar surface area (TPSA) is 81.1 Å². The lowest BCUT2D eigenvalue weighted by Crippen LogP contribution is -2.29. The van der Waals surface area contributed by atoms with Crippen LogP contribution in [0.2, 0.25) is 0 Å². The van der Waals surface area contributed by atoms with E-state index in [1.165, 1.54) is 0 Å². The third kappa shape index (κ3) is 3.61. The van der Waals surface area contributed by atoms with Crippen LogP contribution in [0.5, 0.6) is 0 Å². The Hall–Kier alpha value is -2.15. The molecule has 1 aromatic carbocycles. The highest BCUT2D eigenvalue weighted by atomic mass is 32.2. The average Bonchev–Trinajstić information content (AvgIpc) is 3.10. The third-order valence-electron chi connectivity index (χ3n) is 4.08. The second kappa shape index (κ2) is 6.16. The van der Waals surface area contributed by atoms with Crippen molar-refractivity contribution in [2.45, 2.75) is 13.3 Å². The normalized spacial score (nSPS) is 19.6. The zero-order valence-electron chi connectivity index (χ0n) is 12.9. The quantitative estimate of drug-likeness (QED) is 0.916. The summed E-state index contributed by atoms with van der Waals surface area (Å²) in [5, 5.41) is 7.04. The maximum Gasteiger partial charge on any atom is 0.251 e. The summed E-state index contributed by atoms with van der Waals surface area (Å²) in [7, 11) is -2.90. The minimum Gasteiger partial charge on any atom is -0.352 e. The number of nitrogens with zero attached hydrogens (tertiary/aromatic N) is 2. The van der Waals surface area contributed by atoms with Gasteiger partial charge in [0, 0.05) is 24.0 Å². The van der Waals surface area contributed by atoms with E-state index in [0.717, 1.165) is 11.4 Å². The number of benzene rings is 1. The predicted molar refractivity (Wildman–Crippen MR) is 87.4 cm³/mol. The molecule has 3 rings (SSSR count). The summed E-state index contributed by atoms with van der Waals surface area (Å²) in [6.07, 6.45) is 2.35. The molecule has 23 heavy (non-hydrogen) atoms. The Bertz CT molecular complexity index is 809. The fourth-order valence-corrected chi connectivity index (χ4v) is 4.63. The van der Waals surface area contributed by atoms with E-state index in [2.05, 4.69) is 10.4 Å². The van der Waals surface area contributed by atoms with Crippen molar-refractivity contribution < 1.29 is 13.2 Å². The molecule has 1 fully saturated rings. The summed E-state index contributed by atoms with van der Waals surface area (Å²) in [5.41, 5.74) is 2.47. The van der Waals surface area contributed by atoms with Crippen molar-refractivity contribution in [3.63, 3.8) is 0 Å². The third-order valence-corrected chi connectivity index (χ3v) is 5.92. The largest absolute Gasteiger partial charge is 0.352 e. The first-order chi connectivity index (χ1) is 10.9. The number of aromatic nitrogens is 2. The molecule has 1 aliphatic rings. The Morgan fingerprint density at radius 1 is 1.30 bits per heavy atom. The van der Waals surface area contributed by atoms with Crippen LogP contribution in [0.3, 0.4) is 0 Å². The van der Waals surface area contributed by atoms with E-state index < -0.39 is 9.84 Å². The summed E-state index contributed by atoms with van der Waals surface area (Å²) < 4.78 is 24.6. The molecule has 1 atom stereocenters. The number of carbonyl (C=O) groups excluding carboxylic acids is 1. The van der Waals surface area contributed by atoms with E-state index >= 15 is 0 Å². The highest BCUT2D eigenvalue weighted by molar-refractivity contribution is 7.91. The van der Waals surface area contributed by atoms with Crippen LogP contribution in [-0.2, 0) is 9.84 Å². The minimum absolute atomic E-state index is 0.0231. The molecule has 1 aromatic heterocycles. The molecule has 0 unspecified atom stereocenters. The van der Waals surface area contributed by atoms with E-state index in [1.807, 2.05) is 25.1 Å². The molecular weight excluding hydrogens is 314 g/mol. The lowest BCUT2D eigenvalue weighted by atomic mass is 10.1. The zero-order chi connectivity index (χ0) is 16.4. The van der Waals surface area contributed by atoms with E-state index in [0.29, 0.717) is 18.5 Å². The van der Waals surface area contributed by atoms with Gasteiger partial charge in [0.1, 0.15) is 0 Å². The van der Waals surface area contributed by atoms with E-state index in [-0.39, 0.29) is 23.3 Å². The molecule has 0 bridgehead atoms. The van der Waals surface area contributed by atoms with Crippen molar-refractivity contribution in [1.82, 2.24) is 15.1 Å². The lowest BCUT2D eigenvalue weighted by molar-refractivity contribution is 0.0948. The summed E-state index contributed by atoms with van der Waals surface area (Å²) in [6, 6.07) is 9.09. The number of rotatable bonds is 4. The zero-order valence-corrected chi connectivity index (χ0v) is 13.7. The van der Waals surface area contributed by atoms with Crippen molar-refractivity contribution in [2.24, 2.45) is 5.92 Å². The first kappa shape index (κ1) is 15.7. The Morgan fingerprint density at radius 2 is 2.04 bits per heavy atom. The maximum atomic E-state index is 12.1. The van der Waals surface area contributed by atoms with Crippen molar-refractivity contribution >= 4 is 15.7 Å². The van der Waals surface area contributed by atoms with Crippen LogP contribution in [0.15, 0.2) is 36.5 Å². The highest BCUT2D eigenvalue weighted by Gasteiger charge is 2.27. The van der Waals surface area contributed by atoms with Gasteiger partial charge < -0.3 is 5.32 Å². The van der Waals surface area contributed by atoms with E-state index in [9.17, 15) is 13.2 Å². The van der Waals surface area contributed by atoms with Gasteiger partial charge in [0.15, 0.2) is 9.84 Å². The molecule has 1 N–H and O–H groups in total. The first-order valence-corrected chi connectivity index (χ1v) is 9.36. The molecule has 7 heteroatoms. The Balaban J connectivity index is 1.61. The molecule has 6 nitrogen and oxygen atoms in total.